The molecule has 2 N–H and O–H groups in total. The third-order valence-electron chi connectivity index (χ3n) is 4.55. The predicted molar refractivity (Wildman–Crippen MR) is 101 cm³/mol. The normalized spacial score (nSPS) is 19.3. The lowest BCUT2D eigenvalue weighted by Crippen LogP contribution is -2.44. The van der Waals surface area contributed by atoms with Gasteiger partial charge in [0.2, 0.25) is 5.91 Å². The Bertz CT molecular complexity index is 734. The van der Waals surface area contributed by atoms with Crippen LogP contribution < -0.4 is 20.1 Å². The molecule has 8 heteroatoms. The second-order valence-electron chi connectivity index (χ2n) is 7.20. The summed E-state index contributed by atoms with van der Waals surface area (Å²) < 4.78 is 10.4. The van der Waals surface area contributed by atoms with Gasteiger partial charge in [-0.3, -0.25) is 14.5 Å². The number of nitrogens with zero attached hydrogens (tertiary/aromatic N) is 1. The fourth-order valence-electron chi connectivity index (χ4n) is 2.87. The van der Waals surface area contributed by atoms with Gasteiger partial charge in [-0.25, -0.2) is 4.79 Å². The number of rotatable bonds is 8. The molecule has 1 fully saturated rings. The van der Waals surface area contributed by atoms with Crippen LogP contribution in [0.2, 0.25) is 0 Å². The SMILES string of the molecule is COc1ccc(NC(=O)CN2C(=O)N[C@@](C)(CCC(C)C)C2=O)c(OC)c1. The van der Waals surface area contributed by atoms with Crippen molar-refractivity contribution in [3.05, 3.63) is 18.2 Å². The number of carbonyl (C=O) groups excluding carboxylic acids is 3. The van der Waals surface area contributed by atoms with Gasteiger partial charge in [0.1, 0.15) is 23.6 Å². The number of ether oxygens (including phenoxy) is 2. The number of imide groups is 1. The summed E-state index contributed by atoms with van der Waals surface area (Å²) in [5.74, 6) is 0.535. The summed E-state index contributed by atoms with van der Waals surface area (Å²) in [5, 5.41) is 5.37. The second kappa shape index (κ2) is 8.28. The lowest BCUT2D eigenvalue weighted by Gasteiger charge is -2.22. The van der Waals surface area contributed by atoms with Crippen LogP contribution in [-0.4, -0.2) is 49.0 Å². The topological polar surface area (TPSA) is 97.0 Å². The first-order valence-corrected chi connectivity index (χ1v) is 8.86. The summed E-state index contributed by atoms with van der Waals surface area (Å²) in [6, 6.07) is 4.39. The molecule has 0 saturated carbocycles. The maximum absolute atomic E-state index is 12.7. The van der Waals surface area contributed by atoms with Crippen LogP contribution in [0.15, 0.2) is 18.2 Å². The summed E-state index contributed by atoms with van der Waals surface area (Å²) in [7, 11) is 3.00. The smallest absolute Gasteiger partial charge is 0.325 e. The van der Waals surface area contributed by atoms with Crippen LogP contribution in [0, 0.1) is 5.92 Å². The van der Waals surface area contributed by atoms with E-state index in [2.05, 4.69) is 24.5 Å². The monoisotopic (exact) mass is 377 g/mol. The molecule has 1 aromatic rings. The Morgan fingerprint density at radius 3 is 2.56 bits per heavy atom. The maximum Gasteiger partial charge on any atom is 0.325 e. The van der Waals surface area contributed by atoms with Crippen LogP contribution in [0.25, 0.3) is 0 Å². The first-order valence-electron chi connectivity index (χ1n) is 8.86. The molecule has 1 atom stereocenters. The molecule has 8 nitrogen and oxygen atoms in total. The number of hydrogen-bond acceptors (Lipinski definition) is 5. The molecule has 27 heavy (non-hydrogen) atoms. The van der Waals surface area contributed by atoms with E-state index in [1.807, 2.05) is 0 Å². The van der Waals surface area contributed by atoms with E-state index in [-0.39, 0.29) is 12.5 Å². The van der Waals surface area contributed by atoms with E-state index >= 15 is 0 Å². The van der Waals surface area contributed by atoms with Gasteiger partial charge in [0.15, 0.2) is 0 Å². The summed E-state index contributed by atoms with van der Waals surface area (Å²) in [4.78, 5) is 38.2. The van der Waals surface area contributed by atoms with Gasteiger partial charge in [-0.2, -0.15) is 0 Å². The van der Waals surface area contributed by atoms with Gasteiger partial charge in [0.05, 0.1) is 19.9 Å². The highest BCUT2D eigenvalue weighted by molar-refractivity contribution is 6.10. The molecule has 1 heterocycles. The molecule has 0 radical (unpaired) electrons. The Hall–Kier alpha value is -2.77. The Morgan fingerprint density at radius 1 is 1.26 bits per heavy atom. The largest absolute Gasteiger partial charge is 0.497 e. The quantitative estimate of drug-likeness (QED) is 0.678. The number of hydrogen-bond donors (Lipinski definition) is 2. The van der Waals surface area contributed by atoms with E-state index in [4.69, 9.17) is 9.47 Å². The average Bonchev–Trinajstić information content (AvgIpc) is 2.84. The minimum Gasteiger partial charge on any atom is -0.497 e. The van der Waals surface area contributed by atoms with Gasteiger partial charge in [0.25, 0.3) is 5.91 Å². The average molecular weight is 377 g/mol. The molecule has 0 aliphatic carbocycles. The van der Waals surface area contributed by atoms with Crippen molar-refractivity contribution < 1.29 is 23.9 Å². The van der Waals surface area contributed by atoms with E-state index in [1.165, 1.54) is 14.2 Å². The number of carbonyl (C=O) groups is 3. The molecule has 148 valence electrons. The zero-order valence-electron chi connectivity index (χ0n) is 16.4. The fourth-order valence-corrected chi connectivity index (χ4v) is 2.87. The molecule has 1 saturated heterocycles. The fraction of sp³-hybridized carbons (Fsp3) is 0.526. The minimum atomic E-state index is -0.973. The Morgan fingerprint density at radius 2 is 1.96 bits per heavy atom. The van der Waals surface area contributed by atoms with E-state index < -0.39 is 17.5 Å². The van der Waals surface area contributed by atoms with Crippen molar-refractivity contribution in [2.45, 2.75) is 39.2 Å². The zero-order chi connectivity index (χ0) is 20.2. The van der Waals surface area contributed by atoms with Gasteiger partial charge in [0, 0.05) is 6.07 Å². The number of methoxy groups -OCH3 is 2. The molecular formula is C19H27N3O5. The summed E-state index contributed by atoms with van der Waals surface area (Å²) in [6.45, 7) is 5.44. The van der Waals surface area contributed by atoms with Gasteiger partial charge < -0.3 is 20.1 Å². The number of amides is 4. The lowest BCUT2D eigenvalue weighted by molar-refractivity contribution is -0.133. The summed E-state index contributed by atoms with van der Waals surface area (Å²) >= 11 is 0. The van der Waals surface area contributed by atoms with Gasteiger partial charge in [-0.05, 0) is 37.8 Å². The number of urea groups is 1. The molecule has 2 rings (SSSR count). The van der Waals surface area contributed by atoms with Crippen molar-refractivity contribution in [2.75, 3.05) is 26.1 Å². The molecule has 0 bridgehead atoms. The number of benzene rings is 1. The van der Waals surface area contributed by atoms with Gasteiger partial charge >= 0.3 is 6.03 Å². The minimum absolute atomic E-state index is 0.364. The Balaban J connectivity index is 2.05. The third kappa shape index (κ3) is 4.69. The summed E-state index contributed by atoms with van der Waals surface area (Å²) in [5.41, 5.74) is -0.544. The lowest BCUT2D eigenvalue weighted by atomic mass is 9.92. The van der Waals surface area contributed by atoms with Crippen LogP contribution in [0.3, 0.4) is 0 Å². The van der Waals surface area contributed by atoms with Gasteiger partial charge in [-0.1, -0.05) is 13.8 Å². The Labute approximate surface area is 159 Å². The van der Waals surface area contributed by atoms with Crippen LogP contribution in [0.1, 0.15) is 33.6 Å². The van der Waals surface area contributed by atoms with Crippen molar-refractivity contribution in [1.29, 1.82) is 0 Å². The van der Waals surface area contributed by atoms with Crippen LogP contribution >= 0.6 is 0 Å². The van der Waals surface area contributed by atoms with Crippen molar-refractivity contribution in [3.63, 3.8) is 0 Å². The van der Waals surface area contributed by atoms with Crippen LogP contribution in [0.4, 0.5) is 10.5 Å². The molecule has 4 amide bonds. The van der Waals surface area contributed by atoms with E-state index in [9.17, 15) is 14.4 Å². The molecule has 1 aliphatic heterocycles. The standard InChI is InChI=1S/C19H27N3O5/c1-12(2)8-9-19(3)17(24)22(18(25)21-19)11-16(23)20-14-7-6-13(26-4)10-15(14)27-5/h6-7,10,12H,8-9,11H2,1-5H3,(H,20,23)(H,21,25)/t19-/m0/s1. The highest BCUT2D eigenvalue weighted by Gasteiger charge is 2.47. The third-order valence-corrected chi connectivity index (χ3v) is 4.55. The van der Waals surface area contributed by atoms with Crippen LogP contribution in [-0.2, 0) is 9.59 Å². The summed E-state index contributed by atoms with van der Waals surface area (Å²) in [6.07, 6.45) is 1.32. The van der Waals surface area contributed by atoms with E-state index in [1.54, 1.807) is 25.1 Å². The molecule has 0 unspecified atom stereocenters. The van der Waals surface area contributed by atoms with Crippen molar-refractivity contribution >= 4 is 23.5 Å². The zero-order valence-corrected chi connectivity index (χ0v) is 16.4. The first-order chi connectivity index (χ1) is 12.7. The van der Waals surface area contributed by atoms with E-state index in [0.717, 1.165) is 11.3 Å². The molecule has 0 aromatic heterocycles. The molecule has 1 aliphatic rings. The van der Waals surface area contributed by atoms with Crippen molar-refractivity contribution in [1.82, 2.24) is 10.2 Å². The Kier molecular flexibility index (Phi) is 6.30. The van der Waals surface area contributed by atoms with Crippen molar-refractivity contribution in [3.8, 4) is 11.5 Å². The molecule has 1 aromatic carbocycles. The second-order valence-corrected chi connectivity index (χ2v) is 7.20. The maximum atomic E-state index is 12.7. The number of nitrogens with one attached hydrogen (secondary N) is 2. The number of anilines is 1. The van der Waals surface area contributed by atoms with E-state index in [0.29, 0.717) is 29.5 Å². The van der Waals surface area contributed by atoms with Crippen LogP contribution in [0.5, 0.6) is 11.5 Å². The van der Waals surface area contributed by atoms with Gasteiger partial charge in [-0.15, -0.1) is 0 Å². The predicted octanol–water partition coefficient (Wildman–Crippen LogP) is 2.39. The highest BCUT2D eigenvalue weighted by atomic mass is 16.5. The van der Waals surface area contributed by atoms with Crippen molar-refractivity contribution in [2.24, 2.45) is 5.92 Å². The molecular weight excluding hydrogens is 350 g/mol. The molecule has 0 spiro atoms. The first kappa shape index (κ1) is 20.5. The highest BCUT2D eigenvalue weighted by Crippen LogP contribution is 2.29.